The van der Waals surface area contributed by atoms with Crippen molar-refractivity contribution in [3.63, 3.8) is 0 Å². The van der Waals surface area contributed by atoms with Gasteiger partial charge in [0.25, 0.3) is 5.91 Å². The van der Waals surface area contributed by atoms with Crippen LogP contribution in [0.5, 0.6) is 0 Å². The van der Waals surface area contributed by atoms with Crippen molar-refractivity contribution in [1.29, 1.82) is 0 Å². The molecule has 3 rings (SSSR count). The van der Waals surface area contributed by atoms with Crippen LogP contribution in [0.15, 0.2) is 59.7 Å². The van der Waals surface area contributed by atoms with Crippen LogP contribution in [0.3, 0.4) is 0 Å². The standard InChI is InChI=1S/C16H12N2O3/c19-15-10-14(11-5-2-1-3-6-11)17-18(15)13-8-4-7-12(9-13)16(20)21/h1-9H,10H2,(H,20,21)/p-1. The molecule has 1 amide bonds. The summed E-state index contributed by atoms with van der Waals surface area (Å²) in [6.07, 6.45) is 0.194. The maximum atomic E-state index is 12.1. The third-order valence-electron chi connectivity index (χ3n) is 3.21. The molecular formula is C16H11N2O3-. The second kappa shape index (κ2) is 5.20. The van der Waals surface area contributed by atoms with Gasteiger partial charge in [-0.3, -0.25) is 4.79 Å². The highest BCUT2D eigenvalue weighted by molar-refractivity contribution is 6.19. The molecule has 0 aromatic heterocycles. The van der Waals surface area contributed by atoms with Gasteiger partial charge in [-0.15, -0.1) is 0 Å². The van der Waals surface area contributed by atoms with E-state index in [0.717, 1.165) is 5.56 Å². The van der Waals surface area contributed by atoms with Crippen LogP contribution in [0.2, 0.25) is 0 Å². The molecule has 1 aliphatic heterocycles. The number of hydrazone groups is 1. The van der Waals surface area contributed by atoms with Crippen molar-refractivity contribution in [3.05, 3.63) is 65.7 Å². The monoisotopic (exact) mass is 279 g/mol. The highest BCUT2D eigenvalue weighted by Gasteiger charge is 2.26. The van der Waals surface area contributed by atoms with Gasteiger partial charge in [-0.2, -0.15) is 5.10 Å². The van der Waals surface area contributed by atoms with Gasteiger partial charge in [0.2, 0.25) is 0 Å². The minimum atomic E-state index is -1.28. The van der Waals surface area contributed by atoms with Crippen molar-refractivity contribution in [1.82, 2.24) is 0 Å². The first kappa shape index (κ1) is 13.1. The first-order chi connectivity index (χ1) is 10.1. The van der Waals surface area contributed by atoms with Gasteiger partial charge in [-0.05, 0) is 23.3 Å². The number of hydrogen-bond acceptors (Lipinski definition) is 4. The first-order valence-electron chi connectivity index (χ1n) is 6.42. The summed E-state index contributed by atoms with van der Waals surface area (Å²) < 4.78 is 0. The van der Waals surface area contributed by atoms with Crippen molar-refractivity contribution in [3.8, 4) is 0 Å². The summed E-state index contributed by atoms with van der Waals surface area (Å²) in [7, 11) is 0. The van der Waals surface area contributed by atoms with Crippen molar-refractivity contribution in [2.45, 2.75) is 6.42 Å². The number of aromatic carboxylic acids is 1. The lowest BCUT2D eigenvalue weighted by Crippen LogP contribution is -2.24. The Morgan fingerprint density at radius 2 is 1.86 bits per heavy atom. The van der Waals surface area contributed by atoms with E-state index in [-0.39, 0.29) is 17.9 Å². The molecule has 2 aromatic rings. The fourth-order valence-corrected chi connectivity index (χ4v) is 2.19. The molecule has 5 nitrogen and oxygen atoms in total. The van der Waals surface area contributed by atoms with E-state index >= 15 is 0 Å². The van der Waals surface area contributed by atoms with E-state index in [1.165, 1.54) is 17.1 Å². The van der Waals surface area contributed by atoms with E-state index < -0.39 is 5.97 Å². The molecule has 0 radical (unpaired) electrons. The fraction of sp³-hybridized carbons (Fsp3) is 0.0625. The molecule has 2 aromatic carbocycles. The predicted octanol–water partition coefficient (Wildman–Crippen LogP) is 1.19. The molecular weight excluding hydrogens is 268 g/mol. The van der Waals surface area contributed by atoms with E-state index in [9.17, 15) is 14.7 Å². The van der Waals surface area contributed by atoms with Crippen molar-refractivity contribution in [2.75, 3.05) is 5.01 Å². The smallest absolute Gasteiger partial charge is 0.253 e. The topological polar surface area (TPSA) is 72.8 Å². The number of carbonyl (C=O) groups is 2. The molecule has 104 valence electrons. The van der Waals surface area contributed by atoms with Gasteiger partial charge in [0.05, 0.1) is 23.8 Å². The number of nitrogens with zero attached hydrogens (tertiary/aromatic N) is 2. The summed E-state index contributed by atoms with van der Waals surface area (Å²) >= 11 is 0. The second-order valence-electron chi connectivity index (χ2n) is 4.63. The lowest BCUT2D eigenvalue weighted by molar-refractivity contribution is -0.255. The molecule has 0 unspecified atom stereocenters. The highest BCUT2D eigenvalue weighted by atomic mass is 16.4. The average Bonchev–Trinajstić information content (AvgIpc) is 2.90. The number of carboxylic acids is 1. The number of hydrogen-bond donors (Lipinski definition) is 0. The summed E-state index contributed by atoms with van der Waals surface area (Å²) in [5.41, 5.74) is 1.99. The van der Waals surface area contributed by atoms with Crippen LogP contribution in [0.1, 0.15) is 22.3 Å². The molecule has 0 atom stereocenters. The van der Waals surface area contributed by atoms with Gasteiger partial charge in [0.1, 0.15) is 0 Å². The van der Waals surface area contributed by atoms with Gasteiger partial charge < -0.3 is 9.90 Å². The summed E-state index contributed by atoms with van der Waals surface area (Å²) in [6, 6.07) is 15.4. The first-order valence-corrected chi connectivity index (χ1v) is 6.42. The SMILES string of the molecule is O=C([O-])c1cccc(N2N=C(c3ccccc3)CC2=O)c1. The molecule has 1 heterocycles. The van der Waals surface area contributed by atoms with Crippen LogP contribution in [-0.4, -0.2) is 17.6 Å². The van der Waals surface area contributed by atoms with Crippen LogP contribution in [-0.2, 0) is 4.79 Å². The Balaban J connectivity index is 1.96. The van der Waals surface area contributed by atoms with E-state index in [0.29, 0.717) is 11.4 Å². The number of amides is 1. The second-order valence-corrected chi connectivity index (χ2v) is 4.63. The maximum Gasteiger partial charge on any atom is 0.253 e. The number of rotatable bonds is 3. The van der Waals surface area contributed by atoms with E-state index in [4.69, 9.17) is 0 Å². The molecule has 0 N–H and O–H groups in total. The zero-order valence-electron chi connectivity index (χ0n) is 11.0. The normalized spacial score (nSPS) is 14.2. The van der Waals surface area contributed by atoms with Crippen LogP contribution in [0, 0.1) is 0 Å². The number of anilines is 1. The molecule has 0 aliphatic carbocycles. The predicted molar refractivity (Wildman–Crippen MR) is 75.9 cm³/mol. The minimum Gasteiger partial charge on any atom is -0.545 e. The van der Waals surface area contributed by atoms with E-state index in [2.05, 4.69) is 5.10 Å². The number of carbonyl (C=O) groups excluding carboxylic acids is 2. The van der Waals surface area contributed by atoms with Gasteiger partial charge in [-0.25, -0.2) is 5.01 Å². The van der Waals surface area contributed by atoms with Gasteiger partial charge in [0, 0.05) is 0 Å². The Morgan fingerprint density at radius 3 is 2.57 bits per heavy atom. The number of benzene rings is 2. The largest absolute Gasteiger partial charge is 0.545 e. The van der Waals surface area contributed by atoms with Gasteiger partial charge >= 0.3 is 0 Å². The van der Waals surface area contributed by atoms with Gasteiger partial charge in [0.15, 0.2) is 0 Å². The fourth-order valence-electron chi connectivity index (χ4n) is 2.19. The Hall–Kier alpha value is -2.95. The molecule has 0 spiro atoms. The molecule has 0 bridgehead atoms. The van der Waals surface area contributed by atoms with Crippen LogP contribution < -0.4 is 10.1 Å². The van der Waals surface area contributed by atoms with Crippen LogP contribution in [0.4, 0.5) is 5.69 Å². The van der Waals surface area contributed by atoms with Crippen molar-refractivity contribution < 1.29 is 14.7 Å². The Morgan fingerprint density at radius 1 is 1.10 bits per heavy atom. The van der Waals surface area contributed by atoms with Crippen molar-refractivity contribution >= 4 is 23.3 Å². The Kier molecular flexibility index (Phi) is 3.23. The Labute approximate surface area is 121 Å². The molecule has 1 aliphatic rings. The lowest BCUT2D eigenvalue weighted by Gasteiger charge is -2.13. The minimum absolute atomic E-state index is 0.0173. The molecule has 21 heavy (non-hydrogen) atoms. The lowest BCUT2D eigenvalue weighted by atomic mass is 10.1. The molecule has 0 fully saturated rings. The zero-order valence-corrected chi connectivity index (χ0v) is 11.0. The van der Waals surface area contributed by atoms with Crippen LogP contribution >= 0.6 is 0 Å². The van der Waals surface area contributed by atoms with E-state index in [1.807, 2.05) is 30.3 Å². The molecule has 5 heteroatoms. The van der Waals surface area contributed by atoms with Crippen molar-refractivity contribution in [2.24, 2.45) is 5.10 Å². The third-order valence-corrected chi connectivity index (χ3v) is 3.21. The quantitative estimate of drug-likeness (QED) is 0.847. The third kappa shape index (κ3) is 2.53. The summed E-state index contributed by atoms with van der Waals surface area (Å²) in [6.45, 7) is 0. The summed E-state index contributed by atoms with van der Waals surface area (Å²) in [4.78, 5) is 23.0. The molecule has 0 saturated carbocycles. The molecule has 0 saturated heterocycles. The van der Waals surface area contributed by atoms with Gasteiger partial charge in [-0.1, -0.05) is 42.5 Å². The summed E-state index contributed by atoms with van der Waals surface area (Å²) in [5.74, 6) is -1.47. The number of carboxylic acid groups (broad SMARTS) is 1. The van der Waals surface area contributed by atoms with E-state index in [1.54, 1.807) is 12.1 Å². The summed E-state index contributed by atoms with van der Waals surface area (Å²) in [5, 5.41) is 16.4. The maximum absolute atomic E-state index is 12.1. The highest BCUT2D eigenvalue weighted by Crippen LogP contribution is 2.23. The Bertz CT molecular complexity index is 738. The van der Waals surface area contributed by atoms with Crippen LogP contribution in [0.25, 0.3) is 0 Å². The average molecular weight is 279 g/mol. The zero-order chi connectivity index (χ0) is 14.8.